The summed E-state index contributed by atoms with van der Waals surface area (Å²) in [6.45, 7) is 2.74. The Morgan fingerprint density at radius 3 is 2.93 bits per heavy atom. The molecule has 0 saturated heterocycles. The zero-order chi connectivity index (χ0) is 10.4. The van der Waals surface area contributed by atoms with E-state index in [4.69, 9.17) is 23.2 Å². The monoisotopic (exact) mass is 229 g/mol. The van der Waals surface area contributed by atoms with E-state index in [-0.39, 0.29) is 0 Å². The maximum absolute atomic E-state index is 5.73. The fourth-order valence-electron chi connectivity index (χ4n) is 1.04. The number of hydrogen-bond acceptors (Lipinski definition) is 1. The molecule has 0 bridgehead atoms. The van der Waals surface area contributed by atoms with E-state index in [1.807, 2.05) is 31.2 Å². The highest BCUT2D eigenvalue weighted by atomic mass is 35.5. The Morgan fingerprint density at radius 1 is 1.50 bits per heavy atom. The molecule has 0 saturated carbocycles. The summed E-state index contributed by atoms with van der Waals surface area (Å²) in [6.07, 6.45) is 0. The van der Waals surface area contributed by atoms with Crippen LogP contribution in [0.5, 0.6) is 0 Å². The third kappa shape index (κ3) is 3.60. The largest absolute Gasteiger partial charge is 0.381 e. The van der Waals surface area contributed by atoms with E-state index in [1.165, 1.54) is 0 Å². The van der Waals surface area contributed by atoms with Crippen LogP contribution in [0.4, 0.5) is 5.69 Å². The maximum Gasteiger partial charge on any atom is 0.0474 e. The number of halogens is 2. The van der Waals surface area contributed by atoms with Crippen LogP contribution in [0, 0.1) is 0 Å². The third-order valence-electron chi connectivity index (χ3n) is 1.84. The quantitative estimate of drug-likeness (QED) is 0.771. The number of anilines is 1. The number of alkyl halides is 1. The average Bonchev–Trinajstić information content (AvgIpc) is 2.26. The van der Waals surface area contributed by atoms with Crippen molar-refractivity contribution in [2.45, 2.75) is 12.8 Å². The lowest BCUT2D eigenvalue weighted by atomic mass is 10.2. The summed E-state index contributed by atoms with van der Waals surface area (Å²) in [7, 11) is 0. The van der Waals surface area contributed by atoms with Crippen LogP contribution in [-0.4, -0.2) is 6.54 Å². The highest BCUT2D eigenvalue weighted by Gasteiger charge is 1.94. The molecule has 0 fully saturated rings. The summed E-state index contributed by atoms with van der Waals surface area (Å²) in [5.41, 5.74) is 4.87. The molecular weight excluding hydrogens is 217 g/mol. The van der Waals surface area contributed by atoms with E-state index in [0.717, 1.165) is 23.4 Å². The van der Waals surface area contributed by atoms with Crippen molar-refractivity contribution >= 4 is 28.9 Å². The lowest BCUT2D eigenvalue weighted by Crippen LogP contribution is -2.02. The van der Waals surface area contributed by atoms with Gasteiger partial charge in [0.05, 0.1) is 0 Å². The average molecular weight is 230 g/mol. The summed E-state index contributed by atoms with van der Waals surface area (Å²) >= 11 is 11.3. The molecule has 1 rings (SSSR count). The first kappa shape index (κ1) is 11.4. The van der Waals surface area contributed by atoms with Gasteiger partial charge in [-0.1, -0.05) is 23.7 Å². The van der Waals surface area contributed by atoms with Gasteiger partial charge in [-0.25, -0.2) is 0 Å². The predicted molar refractivity (Wildman–Crippen MR) is 64.1 cm³/mol. The molecule has 0 heterocycles. The Labute approximate surface area is 94.7 Å². The maximum atomic E-state index is 5.73. The van der Waals surface area contributed by atoms with Gasteiger partial charge in [0.25, 0.3) is 0 Å². The highest BCUT2D eigenvalue weighted by Crippen LogP contribution is 2.12. The molecule has 0 radical (unpaired) electrons. The summed E-state index contributed by atoms with van der Waals surface area (Å²) in [6, 6.07) is 8.04. The van der Waals surface area contributed by atoms with Crippen LogP contribution in [0.2, 0.25) is 0 Å². The van der Waals surface area contributed by atoms with Gasteiger partial charge in [0.2, 0.25) is 0 Å². The predicted octanol–water partition coefficient (Wildman–Crippen LogP) is 3.98. The fourth-order valence-corrected chi connectivity index (χ4v) is 1.29. The molecule has 0 amide bonds. The first-order valence-electron chi connectivity index (χ1n) is 4.41. The molecule has 0 atom stereocenters. The standard InChI is InChI=1S/C11H13Cl2N/c1-9(6-12)8-14-11-4-2-3-10(5-11)7-13/h2-6,14H,7-8H2,1H3/b9-6-. The minimum Gasteiger partial charge on any atom is -0.381 e. The van der Waals surface area contributed by atoms with E-state index in [0.29, 0.717) is 5.88 Å². The van der Waals surface area contributed by atoms with Gasteiger partial charge in [-0.3, -0.25) is 0 Å². The Hall–Kier alpha value is -0.660. The molecule has 1 nitrogen and oxygen atoms in total. The van der Waals surface area contributed by atoms with Crippen LogP contribution in [0.1, 0.15) is 12.5 Å². The van der Waals surface area contributed by atoms with Crippen molar-refractivity contribution < 1.29 is 0 Å². The first-order valence-corrected chi connectivity index (χ1v) is 5.38. The third-order valence-corrected chi connectivity index (χ3v) is 2.52. The zero-order valence-corrected chi connectivity index (χ0v) is 9.57. The van der Waals surface area contributed by atoms with Gasteiger partial charge in [-0.15, -0.1) is 11.6 Å². The minimum atomic E-state index is 0.542. The van der Waals surface area contributed by atoms with Crippen molar-refractivity contribution in [3.63, 3.8) is 0 Å². The summed E-state index contributed by atoms with van der Waals surface area (Å²) in [5, 5.41) is 3.26. The number of benzene rings is 1. The van der Waals surface area contributed by atoms with Gasteiger partial charge >= 0.3 is 0 Å². The highest BCUT2D eigenvalue weighted by molar-refractivity contribution is 6.25. The summed E-state index contributed by atoms with van der Waals surface area (Å²) in [5.74, 6) is 0.542. The molecule has 0 aromatic heterocycles. The second kappa shape index (κ2) is 5.94. The zero-order valence-electron chi connectivity index (χ0n) is 8.06. The lowest BCUT2D eigenvalue weighted by molar-refractivity contribution is 1.21. The smallest absolute Gasteiger partial charge is 0.0474 e. The number of rotatable bonds is 4. The van der Waals surface area contributed by atoms with Gasteiger partial charge < -0.3 is 5.32 Å². The van der Waals surface area contributed by atoms with Crippen molar-refractivity contribution in [2.24, 2.45) is 0 Å². The van der Waals surface area contributed by atoms with E-state index in [9.17, 15) is 0 Å². The second-order valence-electron chi connectivity index (χ2n) is 3.14. The van der Waals surface area contributed by atoms with Crippen LogP contribution >= 0.6 is 23.2 Å². The lowest BCUT2D eigenvalue weighted by Gasteiger charge is -2.06. The Balaban J connectivity index is 2.58. The van der Waals surface area contributed by atoms with Gasteiger partial charge in [0.1, 0.15) is 0 Å². The molecule has 14 heavy (non-hydrogen) atoms. The topological polar surface area (TPSA) is 12.0 Å². The van der Waals surface area contributed by atoms with Crippen LogP contribution < -0.4 is 5.32 Å². The van der Waals surface area contributed by atoms with Crippen molar-refractivity contribution in [3.8, 4) is 0 Å². The minimum absolute atomic E-state index is 0.542. The molecule has 0 aliphatic rings. The Bertz CT molecular complexity index is 321. The molecular formula is C11H13Cl2N. The molecule has 0 aliphatic heterocycles. The normalized spacial score (nSPS) is 11.5. The fraction of sp³-hybridized carbons (Fsp3) is 0.273. The van der Waals surface area contributed by atoms with Crippen LogP contribution in [-0.2, 0) is 5.88 Å². The van der Waals surface area contributed by atoms with Crippen molar-refractivity contribution in [1.29, 1.82) is 0 Å². The summed E-state index contributed by atoms with van der Waals surface area (Å²) < 4.78 is 0. The van der Waals surface area contributed by atoms with E-state index in [1.54, 1.807) is 5.54 Å². The Morgan fingerprint density at radius 2 is 2.29 bits per heavy atom. The van der Waals surface area contributed by atoms with Crippen molar-refractivity contribution in [3.05, 3.63) is 40.9 Å². The molecule has 0 spiro atoms. The molecule has 76 valence electrons. The van der Waals surface area contributed by atoms with Crippen molar-refractivity contribution in [2.75, 3.05) is 11.9 Å². The first-order chi connectivity index (χ1) is 6.76. The molecule has 1 N–H and O–H groups in total. The van der Waals surface area contributed by atoms with E-state index in [2.05, 4.69) is 5.32 Å². The van der Waals surface area contributed by atoms with Gasteiger partial charge in [0.15, 0.2) is 0 Å². The number of hydrogen-bond donors (Lipinski definition) is 1. The second-order valence-corrected chi connectivity index (χ2v) is 3.63. The van der Waals surface area contributed by atoms with Gasteiger partial charge in [-0.2, -0.15) is 0 Å². The molecule has 0 aliphatic carbocycles. The van der Waals surface area contributed by atoms with Crippen LogP contribution in [0.25, 0.3) is 0 Å². The molecule has 1 aromatic carbocycles. The molecule has 3 heteroatoms. The number of nitrogens with one attached hydrogen (secondary N) is 1. The Kier molecular flexibility index (Phi) is 4.85. The molecule has 0 unspecified atom stereocenters. The van der Waals surface area contributed by atoms with Crippen molar-refractivity contribution in [1.82, 2.24) is 0 Å². The van der Waals surface area contributed by atoms with E-state index < -0.39 is 0 Å². The SMILES string of the molecule is C/C(=C/Cl)CNc1cccc(CCl)c1. The van der Waals surface area contributed by atoms with Gasteiger partial charge in [0, 0.05) is 23.6 Å². The van der Waals surface area contributed by atoms with Crippen LogP contribution in [0.3, 0.4) is 0 Å². The molecule has 1 aromatic rings. The van der Waals surface area contributed by atoms with Gasteiger partial charge in [-0.05, 0) is 30.2 Å². The van der Waals surface area contributed by atoms with Crippen LogP contribution in [0.15, 0.2) is 35.4 Å². The van der Waals surface area contributed by atoms with E-state index >= 15 is 0 Å². The summed E-state index contributed by atoms with van der Waals surface area (Å²) in [4.78, 5) is 0.